The maximum Gasteiger partial charge on any atom is 0.0669 e. The molecule has 0 N–H and O–H groups in total. The highest BCUT2D eigenvalue weighted by Crippen LogP contribution is 2.18. The van der Waals surface area contributed by atoms with Gasteiger partial charge >= 0.3 is 0 Å². The Morgan fingerprint density at radius 3 is 1.69 bits per heavy atom. The van der Waals surface area contributed by atoms with Crippen molar-refractivity contribution in [2.24, 2.45) is 0 Å². The van der Waals surface area contributed by atoms with E-state index in [1.165, 1.54) is 0 Å². The van der Waals surface area contributed by atoms with Crippen LogP contribution in [0.4, 0.5) is 0 Å². The Morgan fingerprint density at radius 1 is 0.750 bits per heavy atom. The Kier molecular flexibility index (Phi) is 2.85. The third-order valence-electron chi connectivity index (χ3n) is 2.54. The molecule has 0 heterocycles. The van der Waals surface area contributed by atoms with Crippen molar-refractivity contribution >= 4 is 10.8 Å². The first kappa shape index (κ1) is 10.2. The summed E-state index contributed by atoms with van der Waals surface area (Å²) in [6, 6.07) is 16.3. The van der Waals surface area contributed by atoms with Crippen LogP contribution < -0.4 is 0 Å². The number of benzene rings is 2. The Bertz CT molecular complexity index is 549. The fourth-order valence-electron chi connectivity index (χ4n) is 1.75. The lowest BCUT2D eigenvalue weighted by Crippen LogP contribution is -1.85. The fraction of sp³-hybridized carbons (Fsp3) is 0.143. The molecule has 0 saturated heterocycles. The van der Waals surface area contributed by atoms with Gasteiger partial charge in [-0.15, -0.1) is 0 Å². The second-order valence-electron chi connectivity index (χ2n) is 3.69. The van der Waals surface area contributed by atoms with Crippen LogP contribution in [0.5, 0.6) is 0 Å². The van der Waals surface area contributed by atoms with Crippen molar-refractivity contribution in [3.05, 3.63) is 47.5 Å². The van der Waals surface area contributed by atoms with Crippen LogP contribution in [0.1, 0.15) is 11.1 Å². The maximum absolute atomic E-state index is 8.64. The monoisotopic (exact) mass is 206 g/mol. The number of fused-ring (bicyclic) bond motifs is 1. The quantitative estimate of drug-likeness (QED) is 0.758. The van der Waals surface area contributed by atoms with Crippen molar-refractivity contribution in [1.29, 1.82) is 10.5 Å². The lowest BCUT2D eigenvalue weighted by molar-refractivity contribution is 1.26. The SMILES string of the molecule is N#CCc1ccc2ccc(CC#N)cc2c1. The van der Waals surface area contributed by atoms with Gasteiger partial charge in [0.15, 0.2) is 0 Å². The summed E-state index contributed by atoms with van der Waals surface area (Å²) in [5, 5.41) is 19.5. The smallest absolute Gasteiger partial charge is 0.0669 e. The van der Waals surface area contributed by atoms with Crippen molar-refractivity contribution < 1.29 is 0 Å². The molecule has 0 unspecified atom stereocenters. The average Bonchev–Trinajstić information content (AvgIpc) is 2.29. The molecule has 2 nitrogen and oxygen atoms in total. The number of rotatable bonds is 2. The van der Waals surface area contributed by atoms with Crippen LogP contribution in [0.15, 0.2) is 36.4 Å². The van der Waals surface area contributed by atoms with Crippen molar-refractivity contribution in [2.45, 2.75) is 12.8 Å². The summed E-state index contributed by atoms with van der Waals surface area (Å²) in [4.78, 5) is 0. The van der Waals surface area contributed by atoms with Gasteiger partial charge in [-0.3, -0.25) is 0 Å². The number of nitriles is 2. The standard InChI is InChI=1S/C14H10N2/c15-7-5-11-1-3-13-4-2-12(6-8-16)10-14(13)9-11/h1-4,9-10H,5-6H2. The van der Waals surface area contributed by atoms with Gasteiger partial charge in [-0.1, -0.05) is 36.4 Å². The molecule has 0 aliphatic rings. The van der Waals surface area contributed by atoms with Gasteiger partial charge in [-0.05, 0) is 21.9 Å². The Labute approximate surface area is 94.4 Å². The summed E-state index contributed by atoms with van der Waals surface area (Å²) in [6.45, 7) is 0. The molecule has 2 heteroatoms. The second-order valence-corrected chi connectivity index (χ2v) is 3.69. The highest BCUT2D eigenvalue weighted by molar-refractivity contribution is 5.84. The van der Waals surface area contributed by atoms with E-state index in [1.807, 2.05) is 36.4 Å². The molecule has 0 aromatic heterocycles. The zero-order valence-electron chi connectivity index (χ0n) is 8.77. The molecule has 16 heavy (non-hydrogen) atoms. The van der Waals surface area contributed by atoms with Gasteiger partial charge in [-0.2, -0.15) is 10.5 Å². The molecule has 2 rings (SSSR count). The van der Waals surface area contributed by atoms with Crippen LogP contribution >= 0.6 is 0 Å². The normalized spacial score (nSPS) is 9.62. The molecule has 0 fully saturated rings. The Hall–Kier alpha value is -2.32. The number of hydrogen-bond acceptors (Lipinski definition) is 2. The zero-order chi connectivity index (χ0) is 11.4. The van der Waals surface area contributed by atoms with E-state index in [4.69, 9.17) is 10.5 Å². The van der Waals surface area contributed by atoms with Gasteiger partial charge in [0.25, 0.3) is 0 Å². The Balaban J connectivity index is 2.49. The molecule has 0 aliphatic carbocycles. The van der Waals surface area contributed by atoms with E-state index in [-0.39, 0.29) is 0 Å². The first-order valence-electron chi connectivity index (χ1n) is 5.09. The van der Waals surface area contributed by atoms with Crippen molar-refractivity contribution in [2.75, 3.05) is 0 Å². The summed E-state index contributed by atoms with van der Waals surface area (Å²) < 4.78 is 0. The third-order valence-corrected chi connectivity index (χ3v) is 2.54. The van der Waals surface area contributed by atoms with E-state index >= 15 is 0 Å². The minimum atomic E-state index is 0.429. The van der Waals surface area contributed by atoms with Crippen LogP contribution in [-0.4, -0.2) is 0 Å². The van der Waals surface area contributed by atoms with Gasteiger partial charge in [-0.25, -0.2) is 0 Å². The first-order valence-corrected chi connectivity index (χ1v) is 5.09. The van der Waals surface area contributed by atoms with Crippen LogP contribution in [0.25, 0.3) is 10.8 Å². The van der Waals surface area contributed by atoms with Crippen LogP contribution in [0.3, 0.4) is 0 Å². The third kappa shape index (κ3) is 2.02. The zero-order valence-corrected chi connectivity index (χ0v) is 8.77. The van der Waals surface area contributed by atoms with E-state index in [0.717, 1.165) is 21.9 Å². The van der Waals surface area contributed by atoms with Crippen molar-refractivity contribution in [3.8, 4) is 12.1 Å². The lowest BCUT2D eigenvalue weighted by atomic mass is 10.0. The molecular formula is C14H10N2. The molecule has 0 amide bonds. The van der Waals surface area contributed by atoms with Crippen molar-refractivity contribution in [3.63, 3.8) is 0 Å². The minimum Gasteiger partial charge on any atom is -0.198 e. The fourth-order valence-corrected chi connectivity index (χ4v) is 1.75. The van der Waals surface area contributed by atoms with Crippen LogP contribution in [-0.2, 0) is 12.8 Å². The molecule has 0 spiro atoms. The highest BCUT2D eigenvalue weighted by atomic mass is 14.2. The van der Waals surface area contributed by atoms with Crippen LogP contribution in [0.2, 0.25) is 0 Å². The van der Waals surface area contributed by atoms with Crippen LogP contribution in [0, 0.1) is 22.7 Å². The van der Waals surface area contributed by atoms with E-state index < -0.39 is 0 Å². The predicted molar refractivity (Wildman–Crippen MR) is 62.6 cm³/mol. The molecular weight excluding hydrogens is 196 g/mol. The number of hydrogen-bond donors (Lipinski definition) is 0. The molecule has 0 radical (unpaired) electrons. The van der Waals surface area contributed by atoms with Gasteiger partial charge in [0.2, 0.25) is 0 Å². The van der Waals surface area contributed by atoms with Crippen molar-refractivity contribution in [1.82, 2.24) is 0 Å². The topological polar surface area (TPSA) is 47.6 Å². The van der Waals surface area contributed by atoms with Gasteiger partial charge in [0.1, 0.15) is 0 Å². The highest BCUT2D eigenvalue weighted by Gasteiger charge is 1.98. The molecule has 0 bridgehead atoms. The van der Waals surface area contributed by atoms with E-state index in [0.29, 0.717) is 12.8 Å². The summed E-state index contributed by atoms with van der Waals surface area (Å²) >= 11 is 0. The molecule has 0 saturated carbocycles. The van der Waals surface area contributed by atoms with E-state index in [1.54, 1.807) is 0 Å². The first-order chi connectivity index (χ1) is 7.83. The largest absolute Gasteiger partial charge is 0.198 e. The second kappa shape index (κ2) is 4.47. The summed E-state index contributed by atoms with van der Waals surface area (Å²) in [5.74, 6) is 0. The summed E-state index contributed by atoms with van der Waals surface area (Å²) in [7, 11) is 0. The van der Waals surface area contributed by atoms with Gasteiger partial charge in [0, 0.05) is 0 Å². The molecule has 0 aliphatic heterocycles. The van der Waals surface area contributed by atoms with E-state index in [9.17, 15) is 0 Å². The number of nitrogens with zero attached hydrogens (tertiary/aromatic N) is 2. The summed E-state index contributed by atoms with van der Waals surface area (Å²) in [5.41, 5.74) is 2.04. The van der Waals surface area contributed by atoms with Gasteiger partial charge in [0.05, 0.1) is 25.0 Å². The lowest BCUT2D eigenvalue weighted by Gasteiger charge is -2.02. The molecule has 2 aromatic rings. The predicted octanol–water partition coefficient (Wildman–Crippen LogP) is 2.97. The maximum atomic E-state index is 8.64. The van der Waals surface area contributed by atoms with E-state index in [2.05, 4.69) is 12.1 Å². The molecule has 0 atom stereocenters. The van der Waals surface area contributed by atoms with Gasteiger partial charge < -0.3 is 0 Å². The summed E-state index contributed by atoms with van der Waals surface area (Å²) in [6.07, 6.45) is 0.858. The molecule has 2 aromatic carbocycles. The Morgan fingerprint density at radius 2 is 1.25 bits per heavy atom. The average molecular weight is 206 g/mol. The molecule has 76 valence electrons. The minimum absolute atomic E-state index is 0.429.